The van der Waals surface area contributed by atoms with Crippen LogP contribution in [0.25, 0.3) is 11.2 Å². The molecule has 2 unspecified atom stereocenters. The fourth-order valence-corrected chi connectivity index (χ4v) is 5.15. The molecule has 0 aliphatic carbocycles. The van der Waals surface area contributed by atoms with E-state index in [0.29, 0.717) is 6.04 Å². The fourth-order valence-electron chi connectivity index (χ4n) is 3.90. The summed E-state index contributed by atoms with van der Waals surface area (Å²) in [4.78, 5) is 12.2. The van der Waals surface area contributed by atoms with E-state index in [0.717, 1.165) is 29.5 Å². The van der Waals surface area contributed by atoms with Crippen molar-refractivity contribution in [3.8, 4) is 0 Å². The molecule has 2 aromatic heterocycles. The minimum Gasteiger partial charge on any atom is -0.310 e. The van der Waals surface area contributed by atoms with E-state index in [-0.39, 0.29) is 0 Å². The summed E-state index contributed by atoms with van der Waals surface area (Å²) >= 11 is 2.12. The SMILES string of the molecule is CCN1CCCC1c1nc2cccnc2n1CC1CCCS1. The Balaban J connectivity index is 1.75. The van der Waals surface area contributed by atoms with E-state index in [1.165, 1.54) is 43.8 Å². The Labute approximate surface area is 136 Å². The topological polar surface area (TPSA) is 34.0 Å². The third kappa shape index (κ3) is 2.54. The molecule has 0 amide bonds. The maximum absolute atomic E-state index is 4.98. The van der Waals surface area contributed by atoms with Gasteiger partial charge in [-0.3, -0.25) is 4.90 Å². The van der Waals surface area contributed by atoms with Crippen molar-refractivity contribution in [3.05, 3.63) is 24.2 Å². The monoisotopic (exact) mass is 316 g/mol. The van der Waals surface area contributed by atoms with Crippen molar-refractivity contribution in [1.82, 2.24) is 19.4 Å². The third-order valence-corrected chi connectivity index (χ3v) is 6.39. The average Bonchev–Trinajstić information content (AvgIpc) is 3.27. The molecule has 0 saturated carbocycles. The molecule has 2 atom stereocenters. The summed E-state index contributed by atoms with van der Waals surface area (Å²) in [6.45, 7) is 5.65. The van der Waals surface area contributed by atoms with E-state index in [9.17, 15) is 0 Å². The summed E-state index contributed by atoms with van der Waals surface area (Å²) in [5.74, 6) is 2.56. The number of aromatic nitrogens is 3. The molecule has 2 aliphatic rings. The Hall–Kier alpha value is -1.07. The molecule has 4 heterocycles. The molecule has 0 spiro atoms. The summed E-state index contributed by atoms with van der Waals surface area (Å²) in [6, 6.07) is 4.58. The predicted octanol–water partition coefficient (Wildman–Crippen LogP) is 3.48. The van der Waals surface area contributed by atoms with Crippen LogP contribution in [-0.4, -0.2) is 43.5 Å². The first kappa shape index (κ1) is 14.5. The van der Waals surface area contributed by atoms with Crippen molar-refractivity contribution in [2.45, 2.75) is 50.4 Å². The number of thioether (sulfide) groups is 1. The normalized spacial score (nSPS) is 26.2. The van der Waals surface area contributed by atoms with Gasteiger partial charge in [-0.2, -0.15) is 11.8 Å². The van der Waals surface area contributed by atoms with Crippen LogP contribution in [0.3, 0.4) is 0 Å². The van der Waals surface area contributed by atoms with Crippen LogP contribution in [0.2, 0.25) is 0 Å². The van der Waals surface area contributed by atoms with Crippen molar-refractivity contribution >= 4 is 22.9 Å². The van der Waals surface area contributed by atoms with Crippen molar-refractivity contribution < 1.29 is 0 Å². The minimum atomic E-state index is 0.477. The number of rotatable bonds is 4. The molecule has 118 valence electrons. The van der Waals surface area contributed by atoms with Gasteiger partial charge in [-0.1, -0.05) is 6.92 Å². The molecule has 4 rings (SSSR count). The lowest BCUT2D eigenvalue weighted by atomic mass is 10.2. The number of pyridine rings is 1. The number of fused-ring (bicyclic) bond motifs is 1. The van der Waals surface area contributed by atoms with Gasteiger partial charge in [0.05, 0.1) is 6.04 Å². The summed E-state index contributed by atoms with van der Waals surface area (Å²) < 4.78 is 2.43. The zero-order chi connectivity index (χ0) is 14.9. The van der Waals surface area contributed by atoms with Crippen LogP contribution < -0.4 is 0 Å². The van der Waals surface area contributed by atoms with Crippen molar-refractivity contribution in [3.63, 3.8) is 0 Å². The van der Waals surface area contributed by atoms with Crippen molar-refractivity contribution in [2.24, 2.45) is 0 Å². The molecule has 4 nitrogen and oxygen atoms in total. The lowest BCUT2D eigenvalue weighted by Gasteiger charge is -2.24. The van der Waals surface area contributed by atoms with Crippen LogP contribution in [0.5, 0.6) is 0 Å². The summed E-state index contributed by atoms with van der Waals surface area (Å²) in [7, 11) is 0. The maximum Gasteiger partial charge on any atom is 0.160 e. The van der Waals surface area contributed by atoms with Crippen LogP contribution in [-0.2, 0) is 6.54 Å². The van der Waals surface area contributed by atoms with Crippen LogP contribution in [0.1, 0.15) is 44.5 Å². The Bertz CT molecular complexity index is 647. The van der Waals surface area contributed by atoms with Gasteiger partial charge in [-0.25, -0.2) is 9.97 Å². The van der Waals surface area contributed by atoms with Gasteiger partial charge in [0.15, 0.2) is 5.65 Å². The highest BCUT2D eigenvalue weighted by Crippen LogP contribution is 2.35. The van der Waals surface area contributed by atoms with E-state index < -0.39 is 0 Å². The lowest BCUT2D eigenvalue weighted by molar-refractivity contribution is 0.257. The van der Waals surface area contributed by atoms with Crippen LogP contribution >= 0.6 is 11.8 Å². The zero-order valence-electron chi connectivity index (χ0n) is 13.2. The molecule has 0 N–H and O–H groups in total. The van der Waals surface area contributed by atoms with Crippen molar-refractivity contribution in [1.29, 1.82) is 0 Å². The first-order chi connectivity index (χ1) is 10.9. The van der Waals surface area contributed by atoms with Gasteiger partial charge in [0.25, 0.3) is 0 Å². The lowest BCUT2D eigenvalue weighted by Crippen LogP contribution is -2.26. The van der Waals surface area contributed by atoms with Gasteiger partial charge in [0.1, 0.15) is 11.3 Å². The van der Waals surface area contributed by atoms with Crippen LogP contribution in [0.15, 0.2) is 18.3 Å². The number of imidazole rings is 1. The van der Waals surface area contributed by atoms with Gasteiger partial charge >= 0.3 is 0 Å². The fraction of sp³-hybridized carbons (Fsp3) is 0.647. The Morgan fingerprint density at radius 3 is 3.09 bits per heavy atom. The van der Waals surface area contributed by atoms with Gasteiger partial charge in [0.2, 0.25) is 0 Å². The highest BCUT2D eigenvalue weighted by Gasteiger charge is 2.30. The predicted molar refractivity (Wildman–Crippen MR) is 92.2 cm³/mol. The van der Waals surface area contributed by atoms with Crippen LogP contribution in [0, 0.1) is 0 Å². The molecule has 0 radical (unpaired) electrons. The summed E-state index contributed by atoms with van der Waals surface area (Å²) in [6.07, 6.45) is 7.11. The average molecular weight is 316 g/mol. The zero-order valence-corrected chi connectivity index (χ0v) is 14.1. The molecule has 2 aliphatic heterocycles. The first-order valence-electron chi connectivity index (χ1n) is 8.53. The van der Waals surface area contributed by atoms with E-state index in [4.69, 9.17) is 4.98 Å². The van der Waals surface area contributed by atoms with E-state index in [1.807, 2.05) is 12.3 Å². The molecular formula is C17H24N4S. The number of hydrogen-bond donors (Lipinski definition) is 0. The molecule has 2 fully saturated rings. The van der Waals surface area contributed by atoms with Gasteiger partial charge in [-0.05, 0) is 56.7 Å². The highest BCUT2D eigenvalue weighted by molar-refractivity contribution is 8.00. The van der Waals surface area contributed by atoms with Gasteiger partial charge < -0.3 is 4.57 Å². The quantitative estimate of drug-likeness (QED) is 0.865. The van der Waals surface area contributed by atoms with Crippen LogP contribution in [0.4, 0.5) is 0 Å². The first-order valence-corrected chi connectivity index (χ1v) is 9.58. The highest BCUT2D eigenvalue weighted by atomic mass is 32.2. The second kappa shape index (κ2) is 6.20. The number of likely N-dealkylation sites (tertiary alicyclic amines) is 1. The molecule has 2 saturated heterocycles. The molecule has 5 heteroatoms. The third-order valence-electron chi connectivity index (χ3n) is 5.01. The minimum absolute atomic E-state index is 0.477. The van der Waals surface area contributed by atoms with Gasteiger partial charge in [-0.15, -0.1) is 0 Å². The molecular weight excluding hydrogens is 292 g/mol. The smallest absolute Gasteiger partial charge is 0.160 e. The second-order valence-electron chi connectivity index (χ2n) is 6.35. The Kier molecular flexibility index (Phi) is 4.09. The van der Waals surface area contributed by atoms with Gasteiger partial charge in [0, 0.05) is 18.0 Å². The second-order valence-corrected chi connectivity index (χ2v) is 7.76. The van der Waals surface area contributed by atoms with Crippen molar-refractivity contribution in [2.75, 3.05) is 18.8 Å². The standard InChI is InChI=1S/C17H24N4S/c1-2-20-10-4-8-15(20)17-19-14-7-3-9-18-16(14)21(17)12-13-6-5-11-22-13/h3,7,9,13,15H,2,4-6,8,10-12H2,1H3. The molecule has 2 aromatic rings. The van der Waals surface area contributed by atoms with E-state index >= 15 is 0 Å². The summed E-state index contributed by atoms with van der Waals surface area (Å²) in [5.41, 5.74) is 2.14. The van der Waals surface area contributed by atoms with E-state index in [2.05, 4.69) is 39.2 Å². The largest absolute Gasteiger partial charge is 0.310 e. The number of hydrogen-bond acceptors (Lipinski definition) is 4. The summed E-state index contributed by atoms with van der Waals surface area (Å²) in [5, 5.41) is 0.731. The molecule has 0 bridgehead atoms. The number of nitrogens with zero attached hydrogens (tertiary/aromatic N) is 4. The Morgan fingerprint density at radius 1 is 1.32 bits per heavy atom. The maximum atomic E-state index is 4.98. The molecule has 22 heavy (non-hydrogen) atoms. The molecule has 0 aromatic carbocycles. The van der Waals surface area contributed by atoms with E-state index in [1.54, 1.807) is 0 Å². The Morgan fingerprint density at radius 2 is 2.27 bits per heavy atom.